The third-order valence-electron chi connectivity index (χ3n) is 4.81. The molecule has 1 atom stereocenters. The molecule has 138 valence electrons. The number of nitrogens with one attached hydrogen (secondary N) is 2. The van der Waals surface area contributed by atoms with Gasteiger partial charge in [-0.3, -0.25) is 4.79 Å². The van der Waals surface area contributed by atoms with Crippen LogP contribution >= 0.6 is 0 Å². The van der Waals surface area contributed by atoms with Crippen molar-refractivity contribution >= 4 is 5.91 Å². The Hall–Kier alpha value is -2.53. The fourth-order valence-corrected chi connectivity index (χ4v) is 3.37. The summed E-state index contributed by atoms with van der Waals surface area (Å²) < 4.78 is 10.6. The molecule has 1 heterocycles. The number of methoxy groups -OCH3 is 2. The lowest BCUT2D eigenvalue weighted by Gasteiger charge is -2.27. The molecule has 5 nitrogen and oxygen atoms in total. The molecule has 0 aliphatic carbocycles. The van der Waals surface area contributed by atoms with E-state index < -0.39 is 0 Å². The van der Waals surface area contributed by atoms with Crippen molar-refractivity contribution < 1.29 is 14.3 Å². The molecule has 0 bridgehead atoms. The Morgan fingerprint density at radius 3 is 2.77 bits per heavy atom. The van der Waals surface area contributed by atoms with Gasteiger partial charge in [-0.05, 0) is 48.2 Å². The van der Waals surface area contributed by atoms with Gasteiger partial charge in [-0.15, -0.1) is 0 Å². The van der Waals surface area contributed by atoms with E-state index in [4.69, 9.17) is 9.47 Å². The van der Waals surface area contributed by atoms with Gasteiger partial charge in [0.15, 0.2) is 11.5 Å². The van der Waals surface area contributed by atoms with E-state index in [2.05, 4.69) is 34.9 Å². The molecule has 3 rings (SSSR count). The molecule has 0 spiro atoms. The molecule has 2 aromatic carbocycles. The average Bonchev–Trinajstić information content (AvgIpc) is 2.70. The van der Waals surface area contributed by atoms with Gasteiger partial charge < -0.3 is 20.1 Å². The number of carbonyl (C=O) groups is 1. The average molecular weight is 354 g/mol. The molecule has 2 N–H and O–H groups in total. The lowest BCUT2D eigenvalue weighted by molar-refractivity contribution is -0.121. The highest BCUT2D eigenvalue weighted by molar-refractivity contribution is 5.76. The van der Waals surface area contributed by atoms with Crippen LogP contribution in [0, 0.1) is 0 Å². The number of hydrogen-bond donors (Lipinski definition) is 2. The SMILES string of the molecule is COc1ccc(CCC(=O)NCC2NCCc3ccccc32)cc1OC. The van der Waals surface area contributed by atoms with Crippen molar-refractivity contribution in [1.29, 1.82) is 0 Å². The maximum atomic E-state index is 12.3. The highest BCUT2D eigenvalue weighted by Crippen LogP contribution is 2.28. The molecule has 0 aromatic heterocycles. The minimum absolute atomic E-state index is 0.0599. The fraction of sp³-hybridized carbons (Fsp3) is 0.381. The summed E-state index contributed by atoms with van der Waals surface area (Å²) in [5.74, 6) is 1.45. The first-order chi connectivity index (χ1) is 12.7. The molecule has 1 amide bonds. The fourth-order valence-electron chi connectivity index (χ4n) is 3.37. The molecule has 1 unspecified atom stereocenters. The number of hydrogen-bond acceptors (Lipinski definition) is 4. The van der Waals surface area contributed by atoms with Crippen molar-refractivity contribution in [3.8, 4) is 11.5 Å². The van der Waals surface area contributed by atoms with Crippen LogP contribution in [-0.4, -0.2) is 33.2 Å². The maximum absolute atomic E-state index is 12.3. The van der Waals surface area contributed by atoms with Gasteiger partial charge in [0.1, 0.15) is 0 Å². The zero-order valence-corrected chi connectivity index (χ0v) is 15.4. The van der Waals surface area contributed by atoms with Crippen LogP contribution in [0.1, 0.15) is 29.2 Å². The van der Waals surface area contributed by atoms with Gasteiger partial charge in [0.05, 0.1) is 14.2 Å². The summed E-state index contributed by atoms with van der Waals surface area (Å²) in [6.07, 6.45) is 2.16. The Morgan fingerprint density at radius 1 is 1.15 bits per heavy atom. The van der Waals surface area contributed by atoms with E-state index >= 15 is 0 Å². The zero-order chi connectivity index (χ0) is 18.4. The summed E-state index contributed by atoms with van der Waals surface area (Å²) in [7, 11) is 3.23. The summed E-state index contributed by atoms with van der Waals surface area (Å²) in [6.45, 7) is 1.56. The first-order valence-corrected chi connectivity index (χ1v) is 9.00. The van der Waals surface area contributed by atoms with Gasteiger partial charge in [0.2, 0.25) is 5.91 Å². The lowest BCUT2D eigenvalue weighted by atomic mass is 9.94. The van der Waals surface area contributed by atoms with Gasteiger partial charge in [-0.1, -0.05) is 30.3 Å². The Balaban J connectivity index is 1.51. The van der Waals surface area contributed by atoms with Crippen LogP contribution in [-0.2, 0) is 17.6 Å². The molecule has 2 aromatic rings. The third-order valence-corrected chi connectivity index (χ3v) is 4.81. The normalized spacial score (nSPS) is 15.8. The molecule has 0 saturated heterocycles. The molecule has 1 aliphatic rings. The minimum atomic E-state index is 0.0599. The van der Waals surface area contributed by atoms with Gasteiger partial charge in [0.25, 0.3) is 0 Å². The number of ether oxygens (including phenoxy) is 2. The second-order valence-corrected chi connectivity index (χ2v) is 6.45. The van der Waals surface area contributed by atoms with Crippen molar-refractivity contribution in [2.24, 2.45) is 0 Å². The van der Waals surface area contributed by atoms with Crippen LogP contribution in [0.5, 0.6) is 11.5 Å². The van der Waals surface area contributed by atoms with Crippen LogP contribution in [0.15, 0.2) is 42.5 Å². The predicted molar refractivity (Wildman–Crippen MR) is 102 cm³/mol. The lowest BCUT2D eigenvalue weighted by Crippen LogP contribution is -2.38. The summed E-state index contributed by atoms with van der Waals surface area (Å²) in [4.78, 5) is 12.3. The van der Waals surface area contributed by atoms with E-state index in [0.29, 0.717) is 30.9 Å². The Morgan fingerprint density at radius 2 is 1.96 bits per heavy atom. The van der Waals surface area contributed by atoms with Gasteiger partial charge in [-0.25, -0.2) is 0 Å². The summed E-state index contributed by atoms with van der Waals surface area (Å²) in [5.41, 5.74) is 3.72. The Bertz CT molecular complexity index is 761. The summed E-state index contributed by atoms with van der Waals surface area (Å²) >= 11 is 0. The van der Waals surface area contributed by atoms with Crippen LogP contribution in [0.4, 0.5) is 0 Å². The van der Waals surface area contributed by atoms with E-state index in [9.17, 15) is 4.79 Å². The standard InChI is InChI=1S/C21H26N2O3/c1-25-19-9-7-15(13-20(19)26-2)8-10-21(24)23-14-18-17-6-4-3-5-16(17)11-12-22-18/h3-7,9,13,18,22H,8,10-12,14H2,1-2H3,(H,23,24). The number of benzene rings is 2. The molecular formula is C21H26N2O3. The zero-order valence-electron chi connectivity index (χ0n) is 15.4. The molecule has 5 heteroatoms. The van der Waals surface area contributed by atoms with Crippen molar-refractivity contribution in [2.75, 3.05) is 27.3 Å². The van der Waals surface area contributed by atoms with Gasteiger partial charge in [0, 0.05) is 19.0 Å². The number of aryl methyl sites for hydroxylation is 1. The van der Waals surface area contributed by atoms with E-state index in [1.807, 2.05) is 18.2 Å². The number of rotatable bonds is 7. The summed E-state index contributed by atoms with van der Waals surface area (Å²) in [6, 6.07) is 14.4. The van der Waals surface area contributed by atoms with Crippen molar-refractivity contribution in [3.63, 3.8) is 0 Å². The highest BCUT2D eigenvalue weighted by Gasteiger charge is 2.19. The van der Waals surface area contributed by atoms with E-state index in [1.165, 1.54) is 11.1 Å². The van der Waals surface area contributed by atoms with Crippen LogP contribution < -0.4 is 20.1 Å². The first kappa shape index (κ1) is 18.3. The Labute approximate surface area is 154 Å². The molecular weight excluding hydrogens is 328 g/mol. The van der Waals surface area contributed by atoms with Crippen molar-refractivity contribution in [1.82, 2.24) is 10.6 Å². The van der Waals surface area contributed by atoms with E-state index in [0.717, 1.165) is 18.5 Å². The largest absolute Gasteiger partial charge is 0.493 e. The van der Waals surface area contributed by atoms with E-state index in [-0.39, 0.29) is 11.9 Å². The molecule has 1 aliphatic heterocycles. The monoisotopic (exact) mass is 354 g/mol. The highest BCUT2D eigenvalue weighted by atomic mass is 16.5. The van der Waals surface area contributed by atoms with Crippen molar-refractivity contribution in [2.45, 2.75) is 25.3 Å². The second-order valence-electron chi connectivity index (χ2n) is 6.45. The summed E-state index contributed by atoms with van der Waals surface area (Å²) in [5, 5.41) is 6.54. The topological polar surface area (TPSA) is 59.6 Å². The number of amides is 1. The van der Waals surface area contributed by atoms with Crippen LogP contribution in [0.25, 0.3) is 0 Å². The molecule has 0 radical (unpaired) electrons. The quantitative estimate of drug-likeness (QED) is 0.803. The van der Waals surface area contributed by atoms with E-state index in [1.54, 1.807) is 14.2 Å². The third kappa shape index (κ3) is 4.35. The number of fused-ring (bicyclic) bond motifs is 1. The van der Waals surface area contributed by atoms with Crippen molar-refractivity contribution in [3.05, 3.63) is 59.2 Å². The molecule has 0 saturated carbocycles. The molecule has 26 heavy (non-hydrogen) atoms. The second kappa shape index (κ2) is 8.72. The maximum Gasteiger partial charge on any atom is 0.220 e. The molecule has 0 fully saturated rings. The van der Waals surface area contributed by atoms with Gasteiger partial charge in [-0.2, -0.15) is 0 Å². The number of carbonyl (C=O) groups excluding carboxylic acids is 1. The van der Waals surface area contributed by atoms with Gasteiger partial charge >= 0.3 is 0 Å². The van der Waals surface area contributed by atoms with Crippen LogP contribution in [0.3, 0.4) is 0 Å². The Kier molecular flexibility index (Phi) is 6.12. The van der Waals surface area contributed by atoms with Crippen LogP contribution in [0.2, 0.25) is 0 Å². The predicted octanol–water partition coefficient (Wildman–Crippen LogP) is 2.64. The minimum Gasteiger partial charge on any atom is -0.493 e. The first-order valence-electron chi connectivity index (χ1n) is 9.00. The smallest absolute Gasteiger partial charge is 0.220 e.